The normalized spacial score (nSPS) is 18.7. The van der Waals surface area contributed by atoms with Gasteiger partial charge in [-0.05, 0) is 43.2 Å². The standard InChI is InChI=1S/C29H25Cl2N7O3/c1-16-4-3-5-19(22-10-17(8-9-32-22)28-23(34-29(16)40)13-33-37(28)2)21-15-41-26(12-25(21)39)20-11-18(30)6-7-24(20)38-14-27(31)35-36-38/h6-16,19H,3-5H2,1-2H3,(H,34,40)/t16-,19-/m1/s1/i2D3. The van der Waals surface area contributed by atoms with E-state index in [2.05, 4.69) is 25.7 Å². The molecule has 4 aromatic heterocycles. The highest BCUT2D eigenvalue weighted by Gasteiger charge is 2.25. The van der Waals surface area contributed by atoms with Gasteiger partial charge in [-0.1, -0.05) is 41.8 Å². The van der Waals surface area contributed by atoms with Crippen LogP contribution < -0.4 is 10.7 Å². The number of carbonyl (C=O) groups is 1. The van der Waals surface area contributed by atoms with Crippen molar-refractivity contribution in [1.82, 2.24) is 29.8 Å². The highest BCUT2D eigenvalue weighted by molar-refractivity contribution is 6.31. The van der Waals surface area contributed by atoms with Crippen molar-refractivity contribution in [2.45, 2.75) is 32.1 Å². The minimum atomic E-state index is -2.60. The van der Waals surface area contributed by atoms with E-state index < -0.39 is 12.9 Å². The number of nitrogens with one attached hydrogen (secondary N) is 1. The Labute approximate surface area is 249 Å². The lowest BCUT2D eigenvalue weighted by molar-refractivity contribution is -0.119. The van der Waals surface area contributed by atoms with Crippen LogP contribution in [0.3, 0.4) is 0 Å². The number of carbonyl (C=O) groups excluding carboxylic acids is 1. The van der Waals surface area contributed by atoms with Crippen LogP contribution in [0.1, 0.15) is 47.5 Å². The van der Waals surface area contributed by atoms with E-state index in [-0.39, 0.29) is 39.5 Å². The van der Waals surface area contributed by atoms with Crippen molar-refractivity contribution in [1.29, 1.82) is 0 Å². The maximum Gasteiger partial charge on any atom is 0.227 e. The van der Waals surface area contributed by atoms with Crippen LogP contribution in [-0.2, 0) is 11.8 Å². The molecule has 0 saturated heterocycles. The summed E-state index contributed by atoms with van der Waals surface area (Å²) >= 11 is 12.3. The lowest BCUT2D eigenvalue weighted by Gasteiger charge is -2.20. The van der Waals surface area contributed by atoms with Crippen molar-refractivity contribution in [3.63, 3.8) is 0 Å². The van der Waals surface area contributed by atoms with Gasteiger partial charge in [0, 0.05) is 62.6 Å². The molecule has 208 valence electrons. The number of aryl methyl sites for hydroxylation is 1. The minimum Gasteiger partial charge on any atom is -0.464 e. The number of fused-ring (bicyclic) bond motifs is 4. The van der Waals surface area contributed by atoms with E-state index in [1.165, 1.54) is 29.4 Å². The van der Waals surface area contributed by atoms with Gasteiger partial charge in [-0.2, -0.15) is 5.10 Å². The van der Waals surface area contributed by atoms with Gasteiger partial charge in [0.2, 0.25) is 5.91 Å². The molecule has 0 spiro atoms. The molecule has 10 nitrogen and oxygen atoms in total. The first-order valence-corrected chi connectivity index (χ1v) is 13.6. The van der Waals surface area contributed by atoms with E-state index in [4.69, 9.17) is 31.7 Å². The van der Waals surface area contributed by atoms with E-state index in [1.54, 1.807) is 43.5 Å². The zero-order valence-electron chi connectivity index (χ0n) is 24.7. The maximum absolute atomic E-state index is 13.7. The maximum atomic E-state index is 13.7. The number of nitrogens with zero attached hydrogens (tertiary/aromatic N) is 6. The monoisotopic (exact) mass is 592 g/mol. The highest BCUT2D eigenvalue weighted by Crippen LogP contribution is 2.35. The second-order valence-electron chi connectivity index (χ2n) is 9.87. The average Bonchev–Trinajstić information content (AvgIpc) is 3.61. The number of amides is 1. The summed E-state index contributed by atoms with van der Waals surface area (Å²) in [5.74, 6) is -0.877. The number of benzene rings is 1. The fraction of sp³-hybridized carbons (Fsp3) is 0.241. The average molecular weight is 593 g/mol. The quantitative estimate of drug-likeness (QED) is 0.277. The van der Waals surface area contributed by atoms with E-state index >= 15 is 0 Å². The van der Waals surface area contributed by atoms with Crippen molar-refractivity contribution in [2.75, 3.05) is 5.32 Å². The lowest BCUT2D eigenvalue weighted by Crippen LogP contribution is -2.22. The third-order valence-electron chi connectivity index (χ3n) is 7.19. The van der Waals surface area contributed by atoms with Gasteiger partial charge in [0.25, 0.3) is 0 Å². The predicted molar refractivity (Wildman–Crippen MR) is 155 cm³/mol. The van der Waals surface area contributed by atoms with Gasteiger partial charge in [-0.25, -0.2) is 4.68 Å². The van der Waals surface area contributed by atoms with Crippen molar-refractivity contribution in [3.8, 4) is 28.3 Å². The molecule has 41 heavy (non-hydrogen) atoms. The first-order chi connectivity index (χ1) is 21.0. The Balaban J connectivity index is 1.46. The van der Waals surface area contributed by atoms with E-state index in [0.29, 0.717) is 52.4 Å². The minimum absolute atomic E-state index is 0.195. The number of aromatic nitrogens is 6. The highest BCUT2D eigenvalue weighted by atomic mass is 35.5. The van der Waals surface area contributed by atoms with Crippen molar-refractivity contribution >= 4 is 34.8 Å². The summed E-state index contributed by atoms with van der Waals surface area (Å²) in [6.07, 6.45) is 7.44. The summed E-state index contributed by atoms with van der Waals surface area (Å²) in [7, 11) is 0. The van der Waals surface area contributed by atoms with Crippen LogP contribution in [0.15, 0.2) is 70.5 Å². The fourth-order valence-electron chi connectivity index (χ4n) is 5.06. The van der Waals surface area contributed by atoms with Crippen molar-refractivity contribution in [2.24, 2.45) is 12.9 Å². The smallest absolute Gasteiger partial charge is 0.227 e. The number of hydrogen-bond donors (Lipinski definition) is 1. The van der Waals surface area contributed by atoms with E-state index in [1.807, 2.05) is 0 Å². The van der Waals surface area contributed by atoms with Gasteiger partial charge >= 0.3 is 0 Å². The molecule has 0 radical (unpaired) electrons. The zero-order chi connectivity index (χ0) is 31.2. The molecule has 1 N–H and O–H groups in total. The summed E-state index contributed by atoms with van der Waals surface area (Å²) in [6.45, 7) is -0.799. The third-order valence-corrected chi connectivity index (χ3v) is 7.60. The Kier molecular flexibility index (Phi) is 6.25. The molecule has 2 atom stereocenters. The Morgan fingerprint density at radius 2 is 2.02 bits per heavy atom. The van der Waals surface area contributed by atoms with Crippen LogP contribution in [0.5, 0.6) is 0 Å². The van der Waals surface area contributed by atoms with Gasteiger partial charge in [0.05, 0.1) is 35.7 Å². The molecule has 0 fully saturated rings. The Bertz CT molecular complexity index is 1940. The summed E-state index contributed by atoms with van der Waals surface area (Å²) in [6, 6.07) is 9.81. The molecular formula is C29H25Cl2N7O3. The molecule has 0 saturated carbocycles. The largest absolute Gasteiger partial charge is 0.464 e. The van der Waals surface area contributed by atoms with Crippen LogP contribution in [0.2, 0.25) is 10.2 Å². The second-order valence-corrected chi connectivity index (χ2v) is 10.7. The number of hydrogen-bond acceptors (Lipinski definition) is 7. The van der Waals surface area contributed by atoms with Crippen molar-refractivity contribution < 1.29 is 13.3 Å². The molecule has 6 rings (SSSR count). The Hall–Kier alpha value is -4.28. The molecule has 1 aromatic carbocycles. The van der Waals surface area contributed by atoms with Crippen LogP contribution in [-0.4, -0.2) is 35.7 Å². The van der Waals surface area contributed by atoms with Gasteiger partial charge in [0.1, 0.15) is 5.76 Å². The van der Waals surface area contributed by atoms with Crippen LogP contribution in [0.25, 0.3) is 28.3 Å². The number of pyridine rings is 1. The predicted octanol–water partition coefficient (Wildman–Crippen LogP) is 5.88. The third kappa shape index (κ3) is 5.28. The van der Waals surface area contributed by atoms with E-state index in [0.717, 1.165) is 4.68 Å². The molecule has 0 unspecified atom stereocenters. The van der Waals surface area contributed by atoms with Crippen LogP contribution >= 0.6 is 23.2 Å². The van der Waals surface area contributed by atoms with Gasteiger partial charge in [0.15, 0.2) is 10.6 Å². The molecule has 5 aromatic rings. The Morgan fingerprint density at radius 1 is 1.15 bits per heavy atom. The van der Waals surface area contributed by atoms with Gasteiger partial charge in [-0.3, -0.25) is 19.3 Å². The first-order valence-electron chi connectivity index (χ1n) is 14.4. The lowest BCUT2D eigenvalue weighted by atomic mass is 9.88. The molecule has 5 heterocycles. The van der Waals surface area contributed by atoms with Crippen LogP contribution in [0, 0.1) is 5.92 Å². The Morgan fingerprint density at radius 3 is 2.80 bits per heavy atom. The first kappa shape index (κ1) is 23.4. The SMILES string of the molecule is [2H]C([2H])([2H])n1ncc2c1-c1ccnc(c1)[C@@H](c1coc(-c3cc(Cl)ccc3-n3cc(Cl)nn3)cc1=O)CCC[C@@H](C)C(=O)N2. The molecule has 0 aliphatic carbocycles. The fourth-order valence-corrected chi connectivity index (χ4v) is 5.36. The summed E-state index contributed by atoms with van der Waals surface area (Å²) in [5, 5.41) is 15.4. The molecule has 1 amide bonds. The molecule has 1 aliphatic rings. The van der Waals surface area contributed by atoms with Crippen LogP contribution in [0.4, 0.5) is 5.69 Å². The second kappa shape index (κ2) is 10.9. The number of rotatable bonds is 3. The molecule has 1 aliphatic heterocycles. The number of anilines is 1. The summed E-state index contributed by atoms with van der Waals surface area (Å²) < 4.78 is 32.4. The van der Waals surface area contributed by atoms with E-state index in [9.17, 15) is 9.59 Å². The summed E-state index contributed by atoms with van der Waals surface area (Å²) in [5.41, 5.74) is 2.66. The van der Waals surface area contributed by atoms with Gasteiger partial charge < -0.3 is 9.73 Å². The van der Waals surface area contributed by atoms with Gasteiger partial charge in [-0.15, -0.1) is 5.10 Å². The zero-order valence-corrected chi connectivity index (χ0v) is 23.2. The molecule has 12 heteroatoms. The number of halogens is 2. The van der Waals surface area contributed by atoms with Crippen molar-refractivity contribution in [3.05, 3.63) is 92.9 Å². The molecule has 2 bridgehead atoms. The molecular weight excluding hydrogens is 565 g/mol. The topological polar surface area (TPSA) is 121 Å². The summed E-state index contributed by atoms with van der Waals surface area (Å²) in [4.78, 5) is 31.3.